The number of hydrogen-bond donors (Lipinski definition) is 2. The number of aliphatic imine (C=N–C) groups is 1. The van der Waals surface area contributed by atoms with Crippen LogP contribution in [0.1, 0.15) is 44.9 Å². The van der Waals surface area contributed by atoms with Gasteiger partial charge in [-0.3, -0.25) is 0 Å². The molecule has 1 aromatic heterocycles. The van der Waals surface area contributed by atoms with Crippen LogP contribution in [0.25, 0.3) is 0 Å². The molecule has 0 saturated carbocycles. The van der Waals surface area contributed by atoms with Crippen LogP contribution in [0.4, 0.5) is 0 Å². The molecule has 0 saturated heterocycles. The summed E-state index contributed by atoms with van der Waals surface area (Å²) in [4.78, 5) is 8.90. The Morgan fingerprint density at radius 2 is 1.83 bits per heavy atom. The molecule has 166 valence electrons. The van der Waals surface area contributed by atoms with Crippen molar-refractivity contribution in [2.24, 2.45) is 4.99 Å². The van der Waals surface area contributed by atoms with Crippen molar-refractivity contribution >= 4 is 29.9 Å². The van der Waals surface area contributed by atoms with Crippen molar-refractivity contribution in [1.29, 1.82) is 0 Å². The summed E-state index contributed by atoms with van der Waals surface area (Å²) in [7, 11) is 1.61. The third-order valence-electron chi connectivity index (χ3n) is 4.22. The van der Waals surface area contributed by atoms with Crippen LogP contribution in [-0.2, 0) is 6.54 Å². The molecular weight excluding hydrogens is 495 g/mol. The molecule has 1 atom stereocenters. The first kappa shape index (κ1) is 25.8. The highest BCUT2D eigenvalue weighted by molar-refractivity contribution is 14.0. The molecule has 7 nitrogen and oxygen atoms in total. The summed E-state index contributed by atoms with van der Waals surface area (Å²) in [5, 5.41) is 6.73. The number of guanidine groups is 1. The molecule has 0 bridgehead atoms. The number of ether oxygens (including phenoxy) is 3. The van der Waals surface area contributed by atoms with Gasteiger partial charge in [0.15, 0.2) is 17.5 Å². The van der Waals surface area contributed by atoms with Gasteiger partial charge in [0.25, 0.3) is 0 Å². The van der Waals surface area contributed by atoms with Crippen molar-refractivity contribution in [3.05, 3.63) is 47.7 Å². The van der Waals surface area contributed by atoms with E-state index in [0.29, 0.717) is 25.6 Å². The van der Waals surface area contributed by atoms with E-state index >= 15 is 0 Å². The van der Waals surface area contributed by atoms with Gasteiger partial charge in [0, 0.05) is 18.3 Å². The van der Waals surface area contributed by atoms with Crippen molar-refractivity contribution in [2.75, 3.05) is 26.9 Å². The lowest BCUT2D eigenvalue weighted by atomic mass is 10.1. The van der Waals surface area contributed by atoms with E-state index in [2.05, 4.69) is 27.5 Å². The molecule has 0 amide bonds. The zero-order valence-corrected chi connectivity index (χ0v) is 20.7. The predicted octanol–water partition coefficient (Wildman–Crippen LogP) is 4.32. The molecule has 8 heteroatoms. The number of nitrogens with one attached hydrogen (secondary N) is 2. The second-order valence-corrected chi connectivity index (χ2v) is 6.31. The maximum absolute atomic E-state index is 5.74. The highest BCUT2D eigenvalue weighted by Crippen LogP contribution is 2.30. The molecule has 0 fully saturated rings. The first-order valence-electron chi connectivity index (χ1n) is 10.0. The van der Waals surface area contributed by atoms with Crippen LogP contribution in [0.5, 0.6) is 17.4 Å². The third-order valence-corrected chi connectivity index (χ3v) is 4.22. The lowest BCUT2D eigenvalue weighted by Gasteiger charge is -2.20. The van der Waals surface area contributed by atoms with Gasteiger partial charge >= 0.3 is 0 Å². The average Bonchev–Trinajstić information content (AvgIpc) is 2.74. The average molecular weight is 528 g/mol. The number of hydrogen-bond acceptors (Lipinski definition) is 5. The minimum atomic E-state index is 0. The Bertz CT molecular complexity index is 802. The van der Waals surface area contributed by atoms with Crippen molar-refractivity contribution < 1.29 is 14.2 Å². The van der Waals surface area contributed by atoms with E-state index in [4.69, 9.17) is 14.2 Å². The van der Waals surface area contributed by atoms with Gasteiger partial charge in [0.05, 0.1) is 32.9 Å². The van der Waals surface area contributed by atoms with E-state index < -0.39 is 0 Å². The molecule has 0 spiro atoms. The van der Waals surface area contributed by atoms with E-state index in [1.54, 1.807) is 13.3 Å². The monoisotopic (exact) mass is 528 g/mol. The van der Waals surface area contributed by atoms with Crippen LogP contribution in [0.3, 0.4) is 0 Å². The minimum absolute atomic E-state index is 0. The van der Waals surface area contributed by atoms with Gasteiger partial charge in [-0.2, -0.15) is 0 Å². The second kappa shape index (κ2) is 13.9. The minimum Gasteiger partial charge on any atom is -0.490 e. The standard InChI is InChI=1S/C22H32N4O3.HI/c1-6-23-22(25-15-18-10-9-13-24-21(18)27-5)26-16(4)17-11-12-19(28-7-2)20(14-17)29-8-3;/h9-14,16H,6-8,15H2,1-5H3,(H2,23,25,26);1H. The lowest BCUT2D eigenvalue weighted by Crippen LogP contribution is -2.38. The molecule has 0 aliphatic carbocycles. The fourth-order valence-corrected chi connectivity index (χ4v) is 2.84. The number of halogens is 1. The summed E-state index contributed by atoms with van der Waals surface area (Å²) in [6.45, 7) is 10.5. The summed E-state index contributed by atoms with van der Waals surface area (Å²) in [5.74, 6) is 2.82. The van der Waals surface area contributed by atoms with Crippen molar-refractivity contribution in [1.82, 2.24) is 15.6 Å². The lowest BCUT2D eigenvalue weighted by molar-refractivity contribution is 0.287. The zero-order chi connectivity index (χ0) is 21.1. The summed E-state index contributed by atoms with van der Waals surface area (Å²) in [6, 6.07) is 9.87. The van der Waals surface area contributed by atoms with Gasteiger partial charge < -0.3 is 24.8 Å². The molecule has 2 rings (SSSR count). The van der Waals surface area contributed by atoms with Gasteiger partial charge in [-0.05, 0) is 51.5 Å². The molecule has 0 radical (unpaired) electrons. The molecule has 0 aliphatic heterocycles. The van der Waals surface area contributed by atoms with Gasteiger partial charge in [-0.15, -0.1) is 24.0 Å². The summed E-state index contributed by atoms with van der Waals surface area (Å²) in [6.07, 6.45) is 1.71. The maximum atomic E-state index is 5.74. The highest BCUT2D eigenvalue weighted by Gasteiger charge is 2.13. The van der Waals surface area contributed by atoms with Crippen LogP contribution in [-0.4, -0.2) is 37.8 Å². The van der Waals surface area contributed by atoms with E-state index in [0.717, 1.165) is 35.1 Å². The number of nitrogens with zero attached hydrogens (tertiary/aromatic N) is 2. The summed E-state index contributed by atoms with van der Waals surface area (Å²) >= 11 is 0. The fraction of sp³-hybridized carbons (Fsp3) is 0.455. The zero-order valence-electron chi connectivity index (χ0n) is 18.4. The first-order valence-corrected chi connectivity index (χ1v) is 10.0. The molecule has 1 heterocycles. The Morgan fingerprint density at radius 3 is 2.50 bits per heavy atom. The van der Waals surface area contributed by atoms with E-state index in [1.807, 2.05) is 51.1 Å². The number of rotatable bonds is 10. The number of pyridine rings is 1. The molecule has 1 unspecified atom stereocenters. The van der Waals surface area contributed by atoms with Crippen molar-refractivity contribution in [3.8, 4) is 17.4 Å². The number of aromatic nitrogens is 1. The fourth-order valence-electron chi connectivity index (χ4n) is 2.84. The quantitative estimate of drug-likeness (QED) is 0.272. The van der Waals surface area contributed by atoms with Crippen LogP contribution in [0, 0.1) is 0 Å². The van der Waals surface area contributed by atoms with Gasteiger partial charge in [-0.25, -0.2) is 9.98 Å². The molecule has 2 N–H and O–H groups in total. The molecule has 0 aliphatic rings. The smallest absolute Gasteiger partial charge is 0.218 e. The van der Waals surface area contributed by atoms with E-state index in [9.17, 15) is 0 Å². The largest absolute Gasteiger partial charge is 0.490 e. The first-order chi connectivity index (χ1) is 14.1. The normalized spacial score (nSPS) is 11.8. The van der Waals surface area contributed by atoms with Crippen LogP contribution >= 0.6 is 24.0 Å². The summed E-state index contributed by atoms with van der Waals surface area (Å²) in [5.41, 5.74) is 2.01. The van der Waals surface area contributed by atoms with Gasteiger partial charge in [0.2, 0.25) is 5.88 Å². The predicted molar refractivity (Wildman–Crippen MR) is 131 cm³/mol. The Morgan fingerprint density at radius 1 is 1.10 bits per heavy atom. The molecule has 1 aromatic carbocycles. The summed E-state index contributed by atoms with van der Waals surface area (Å²) < 4.78 is 16.7. The van der Waals surface area contributed by atoms with Crippen molar-refractivity contribution in [3.63, 3.8) is 0 Å². The Kier molecular flexibility index (Phi) is 12.0. The van der Waals surface area contributed by atoms with Crippen molar-refractivity contribution in [2.45, 2.75) is 40.3 Å². The Hall–Kier alpha value is -2.23. The number of methoxy groups -OCH3 is 1. The van der Waals surface area contributed by atoms with E-state index in [1.165, 1.54) is 0 Å². The Balaban J connectivity index is 0.00000450. The SMILES string of the molecule is CCNC(=NCc1cccnc1OC)NC(C)c1ccc(OCC)c(OCC)c1.I. The van der Waals surface area contributed by atoms with E-state index in [-0.39, 0.29) is 30.0 Å². The van der Waals surface area contributed by atoms with Gasteiger partial charge in [-0.1, -0.05) is 12.1 Å². The van der Waals surface area contributed by atoms with Crippen LogP contribution < -0.4 is 24.8 Å². The number of benzene rings is 1. The van der Waals surface area contributed by atoms with Gasteiger partial charge in [0.1, 0.15) is 0 Å². The topological polar surface area (TPSA) is 77.0 Å². The third kappa shape index (κ3) is 7.55. The molecular formula is C22H33IN4O3. The Labute approximate surface area is 196 Å². The van der Waals surface area contributed by atoms with Crippen LogP contribution in [0.15, 0.2) is 41.5 Å². The maximum Gasteiger partial charge on any atom is 0.218 e. The molecule has 2 aromatic rings. The second-order valence-electron chi connectivity index (χ2n) is 6.31. The molecule has 30 heavy (non-hydrogen) atoms. The van der Waals surface area contributed by atoms with Crippen LogP contribution in [0.2, 0.25) is 0 Å². The highest BCUT2D eigenvalue weighted by atomic mass is 127.